The minimum atomic E-state index is -0.165. The van der Waals surface area contributed by atoms with E-state index in [4.69, 9.17) is 9.78 Å². The minimum absolute atomic E-state index is 0.165. The lowest BCUT2D eigenvalue weighted by molar-refractivity contribution is 0.420. The average Bonchev–Trinajstić information content (AvgIpc) is 3.06. The first-order valence-electron chi connectivity index (χ1n) is 6.78. The molecule has 1 unspecified atom stereocenters. The number of benzene rings is 1. The zero-order valence-corrected chi connectivity index (χ0v) is 11.9. The van der Waals surface area contributed by atoms with Gasteiger partial charge in [0.1, 0.15) is 11.9 Å². The van der Waals surface area contributed by atoms with Crippen molar-refractivity contribution in [1.82, 2.24) is 15.1 Å². The monoisotopic (exact) mass is 291 g/mol. The third-order valence-electron chi connectivity index (χ3n) is 3.11. The van der Waals surface area contributed by atoms with Crippen LogP contribution < -0.4 is 5.32 Å². The van der Waals surface area contributed by atoms with Gasteiger partial charge in [-0.1, -0.05) is 23.4 Å². The Bertz CT molecular complexity index is 789. The van der Waals surface area contributed by atoms with Crippen molar-refractivity contribution in [2.75, 3.05) is 5.32 Å². The lowest BCUT2D eigenvalue weighted by Crippen LogP contribution is -2.09. The lowest BCUT2D eigenvalue weighted by Gasteiger charge is -2.09. The summed E-state index contributed by atoms with van der Waals surface area (Å²) < 4.78 is 5.28. The van der Waals surface area contributed by atoms with Crippen molar-refractivity contribution in [3.8, 4) is 17.5 Å². The Hall–Kier alpha value is -3.20. The summed E-state index contributed by atoms with van der Waals surface area (Å²) in [6.07, 6.45) is 1.51. The maximum atomic E-state index is 8.76. The molecule has 0 fully saturated rings. The highest BCUT2D eigenvalue weighted by Gasteiger charge is 2.15. The molecule has 0 saturated heterocycles. The van der Waals surface area contributed by atoms with E-state index in [1.807, 2.05) is 43.3 Å². The Morgan fingerprint density at radius 2 is 2.00 bits per heavy atom. The van der Waals surface area contributed by atoms with Crippen LogP contribution in [-0.4, -0.2) is 15.1 Å². The molecule has 2 aromatic heterocycles. The molecular formula is C16H13N5O. The van der Waals surface area contributed by atoms with Gasteiger partial charge in [0, 0.05) is 11.8 Å². The van der Waals surface area contributed by atoms with Crippen LogP contribution in [0.15, 0.2) is 53.2 Å². The standard InChI is InChI=1S/C16H13N5O/c1-11(19-14-8-7-12(9-17)10-18-14)15-20-16(22-21-15)13-5-3-2-4-6-13/h2-8,10-11H,1H3,(H,18,19). The van der Waals surface area contributed by atoms with Gasteiger partial charge in [-0.2, -0.15) is 10.2 Å². The van der Waals surface area contributed by atoms with E-state index in [2.05, 4.69) is 20.4 Å². The van der Waals surface area contributed by atoms with Crippen molar-refractivity contribution in [1.29, 1.82) is 5.26 Å². The fourth-order valence-electron chi connectivity index (χ4n) is 1.94. The number of nitrogens with one attached hydrogen (secondary N) is 1. The smallest absolute Gasteiger partial charge is 0.257 e. The molecule has 22 heavy (non-hydrogen) atoms. The summed E-state index contributed by atoms with van der Waals surface area (Å²) in [7, 11) is 0. The summed E-state index contributed by atoms with van der Waals surface area (Å²) >= 11 is 0. The lowest BCUT2D eigenvalue weighted by atomic mass is 10.2. The molecule has 0 spiro atoms. The molecule has 108 valence electrons. The van der Waals surface area contributed by atoms with Gasteiger partial charge >= 0.3 is 0 Å². The summed E-state index contributed by atoms with van der Waals surface area (Å²) in [5.41, 5.74) is 1.40. The van der Waals surface area contributed by atoms with Gasteiger partial charge in [-0.3, -0.25) is 0 Å². The van der Waals surface area contributed by atoms with Gasteiger partial charge in [0.25, 0.3) is 5.89 Å². The van der Waals surface area contributed by atoms with Crippen LogP contribution in [0.2, 0.25) is 0 Å². The van der Waals surface area contributed by atoms with Crippen LogP contribution in [-0.2, 0) is 0 Å². The predicted octanol–water partition coefficient (Wildman–Crippen LogP) is 3.18. The Labute approximate surface area is 127 Å². The maximum absolute atomic E-state index is 8.76. The summed E-state index contributed by atoms with van der Waals surface area (Å²) in [5, 5.41) is 15.9. The summed E-state index contributed by atoms with van der Waals surface area (Å²) in [6, 6.07) is 14.9. The molecule has 2 heterocycles. The highest BCUT2D eigenvalue weighted by atomic mass is 16.5. The number of hydrogen-bond acceptors (Lipinski definition) is 6. The molecule has 1 atom stereocenters. The second kappa shape index (κ2) is 6.06. The van der Waals surface area contributed by atoms with Gasteiger partial charge in [-0.05, 0) is 31.2 Å². The van der Waals surface area contributed by atoms with Gasteiger partial charge in [-0.25, -0.2) is 4.98 Å². The van der Waals surface area contributed by atoms with Crippen molar-refractivity contribution in [3.63, 3.8) is 0 Å². The van der Waals surface area contributed by atoms with Crippen molar-refractivity contribution in [2.45, 2.75) is 13.0 Å². The second-order valence-electron chi connectivity index (χ2n) is 4.73. The van der Waals surface area contributed by atoms with Gasteiger partial charge in [0.15, 0.2) is 5.82 Å². The molecule has 6 nitrogen and oxygen atoms in total. The van der Waals surface area contributed by atoms with E-state index in [9.17, 15) is 0 Å². The number of pyridine rings is 1. The van der Waals surface area contributed by atoms with Crippen LogP contribution in [0.5, 0.6) is 0 Å². The number of nitriles is 1. The Kier molecular flexibility index (Phi) is 3.79. The zero-order valence-electron chi connectivity index (χ0n) is 11.9. The van der Waals surface area contributed by atoms with Gasteiger partial charge in [0.05, 0.1) is 11.6 Å². The molecule has 1 N–H and O–H groups in total. The van der Waals surface area contributed by atoms with Crippen LogP contribution in [0.1, 0.15) is 24.4 Å². The molecule has 1 aromatic carbocycles. The van der Waals surface area contributed by atoms with Crippen molar-refractivity contribution in [2.24, 2.45) is 0 Å². The number of hydrogen-bond donors (Lipinski definition) is 1. The summed E-state index contributed by atoms with van der Waals surface area (Å²) in [6.45, 7) is 1.92. The van der Waals surface area contributed by atoms with Crippen LogP contribution in [0.3, 0.4) is 0 Å². The van der Waals surface area contributed by atoms with E-state index in [0.717, 1.165) is 5.56 Å². The fraction of sp³-hybridized carbons (Fsp3) is 0.125. The quantitative estimate of drug-likeness (QED) is 0.794. The molecular weight excluding hydrogens is 278 g/mol. The second-order valence-corrected chi connectivity index (χ2v) is 4.73. The predicted molar refractivity (Wildman–Crippen MR) is 80.7 cm³/mol. The number of nitrogens with zero attached hydrogens (tertiary/aromatic N) is 4. The van der Waals surface area contributed by atoms with Crippen molar-refractivity contribution < 1.29 is 4.52 Å². The van der Waals surface area contributed by atoms with Crippen LogP contribution in [0.25, 0.3) is 11.5 Å². The topological polar surface area (TPSA) is 87.6 Å². The number of aromatic nitrogens is 3. The van der Waals surface area contributed by atoms with Crippen LogP contribution >= 0.6 is 0 Å². The van der Waals surface area contributed by atoms with Gasteiger partial charge < -0.3 is 9.84 Å². The average molecular weight is 291 g/mol. The number of rotatable bonds is 4. The summed E-state index contributed by atoms with van der Waals surface area (Å²) in [4.78, 5) is 8.55. The minimum Gasteiger partial charge on any atom is -0.360 e. The molecule has 0 bridgehead atoms. The number of anilines is 1. The van der Waals surface area contributed by atoms with E-state index in [1.165, 1.54) is 6.20 Å². The SMILES string of the molecule is CC(Nc1ccc(C#N)cn1)c1noc(-c2ccccc2)n1. The highest BCUT2D eigenvalue weighted by Crippen LogP contribution is 2.20. The van der Waals surface area contributed by atoms with Crippen LogP contribution in [0, 0.1) is 11.3 Å². The van der Waals surface area contributed by atoms with Gasteiger partial charge in [0.2, 0.25) is 0 Å². The molecule has 3 rings (SSSR count). The molecule has 0 amide bonds. The third-order valence-corrected chi connectivity index (χ3v) is 3.11. The van der Waals surface area contributed by atoms with Gasteiger partial charge in [-0.15, -0.1) is 0 Å². The Morgan fingerprint density at radius 1 is 1.18 bits per heavy atom. The van der Waals surface area contributed by atoms with Crippen LogP contribution in [0.4, 0.5) is 5.82 Å². The molecule has 0 aliphatic carbocycles. The molecule has 0 radical (unpaired) electrons. The molecule has 6 heteroatoms. The van der Waals surface area contributed by atoms with Crippen molar-refractivity contribution in [3.05, 3.63) is 60.0 Å². The van der Waals surface area contributed by atoms with E-state index in [-0.39, 0.29) is 6.04 Å². The fourth-order valence-corrected chi connectivity index (χ4v) is 1.94. The highest BCUT2D eigenvalue weighted by molar-refractivity contribution is 5.52. The molecule has 0 saturated carbocycles. The first kappa shape index (κ1) is 13.8. The molecule has 0 aliphatic heterocycles. The first-order valence-corrected chi connectivity index (χ1v) is 6.78. The largest absolute Gasteiger partial charge is 0.360 e. The zero-order chi connectivity index (χ0) is 15.4. The van der Waals surface area contributed by atoms with E-state index in [0.29, 0.717) is 23.1 Å². The molecule has 0 aliphatic rings. The Balaban J connectivity index is 1.74. The Morgan fingerprint density at radius 3 is 2.68 bits per heavy atom. The van der Waals surface area contributed by atoms with E-state index >= 15 is 0 Å². The van der Waals surface area contributed by atoms with E-state index < -0.39 is 0 Å². The normalized spacial score (nSPS) is 11.6. The maximum Gasteiger partial charge on any atom is 0.257 e. The summed E-state index contributed by atoms with van der Waals surface area (Å²) in [5.74, 6) is 1.68. The first-order chi connectivity index (χ1) is 10.8. The molecule has 3 aromatic rings. The van der Waals surface area contributed by atoms with E-state index in [1.54, 1.807) is 12.1 Å². The third kappa shape index (κ3) is 2.94. The van der Waals surface area contributed by atoms with Crippen molar-refractivity contribution >= 4 is 5.82 Å².